The molecule has 1 saturated heterocycles. The summed E-state index contributed by atoms with van der Waals surface area (Å²) in [6, 6.07) is 7.19. The van der Waals surface area contributed by atoms with Crippen molar-refractivity contribution >= 4 is 33.2 Å². The minimum absolute atomic E-state index is 0.0219. The quantitative estimate of drug-likeness (QED) is 0.701. The second-order valence-corrected chi connectivity index (χ2v) is 9.65. The number of benzene rings is 1. The van der Waals surface area contributed by atoms with Gasteiger partial charge in [-0.3, -0.25) is 4.79 Å². The molecule has 0 saturated carbocycles. The molecule has 1 N–H and O–H groups in total. The van der Waals surface area contributed by atoms with E-state index >= 15 is 0 Å². The number of hydrogen-bond donors (Lipinski definition) is 1. The Morgan fingerprint density at radius 1 is 1.29 bits per heavy atom. The number of rotatable bonds is 6. The summed E-state index contributed by atoms with van der Waals surface area (Å²) in [5.41, 5.74) is 1.13. The lowest BCUT2D eigenvalue weighted by atomic mass is 10.0. The van der Waals surface area contributed by atoms with Gasteiger partial charge in [0.1, 0.15) is 11.5 Å². The molecule has 0 aliphatic carbocycles. The van der Waals surface area contributed by atoms with Crippen LogP contribution in [-0.4, -0.2) is 56.3 Å². The van der Waals surface area contributed by atoms with Crippen LogP contribution in [0, 0.1) is 0 Å². The van der Waals surface area contributed by atoms with E-state index in [-0.39, 0.29) is 11.7 Å². The molecular formula is C21H25ClN4O4S. The zero-order chi connectivity index (χ0) is 22.4. The first-order valence-electron chi connectivity index (χ1n) is 9.84. The van der Waals surface area contributed by atoms with E-state index in [1.807, 2.05) is 24.3 Å². The van der Waals surface area contributed by atoms with Crippen LogP contribution in [0.3, 0.4) is 0 Å². The summed E-state index contributed by atoms with van der Waals surface area (Å²) < 4.78 is 28.1. The molecule has 2 heterocycles. The summed E-state index contributed by atoms with van der Waals surface area (Å²) in [4.78, 5) is 23.2. The summed E-state index contributed by atoms with van der Waals surface area (Å²) in [6.07, 6.45) is 6.21. The Balaban J connectivity index is 1.76. The van der Waals surface area contributed by atoms with Gasteiger partial charge in [-0.15, -0.1) is 0 Å². The van der Waals surface area contributed by atoms with Gasteiger partial charge in [0, 0.05) is 35.9 Å². The number of carbonyl (C=O) groups excluding carboxylic acids is 1. The minimum Gasteiger partial charge on any atom is -0.380 e. The van der Waals surface area contributed by atoms with E-state index in [4.69, 9.17) is 16.3 Å². The highest BCUT2D eigenvalue weighted by Gasteiger charge is 2.26. The first-order valence-corrected chi connectivity index (χ1v) is 12.2. The van der Waals surface area contributed by atoms with Crippen molar-refractivity contribution < 1.29 is 17.9 Å². The van der Waals surface area contributed by atoms with Crippen LogP contribution in [0.15, 0.2) is 48.1 Å². The number of halogens is 1. The van der Waals surface area contributed by atoms with Crippen LogP contribution in [-0.2, 0) is 14.6 Å². The SMILES string of the molecule is C[C@H](/C=C/S(C)(=O)=O)NC(=O)c1cnc(N2CCOCCC2c2ccccc2Cl)cn1. The average molecular weight is 465 g/mol. The van der Waals surface area contributed by atoms with Crippen molar-refractivity contribution in [3.63, 3.8) is 0 Å². The maximum Gasteiger partial charge on any atom is 0.271 e. The second-order valence-electron chi connectivity index (χ2n) is 7.31. The van der Waals surface area contributed by atoms with E-state index in [1.165, 1.54) is 12.3 Å². The first-order chi connectivity index (χ1) is 14.7. The van der Waals surface area contributed by atoms with Crippen molar-refractivity contribution in [2.45, 2.75) is 25.4 Å². The Morgan fingerprint density at radius 3 is 2.74 bits per heavy atom. The fraction of sp³-hybridized carbons (Fsp3) is 0.381. The van der Waals surface area contributed by atoms with Gasteiger partial charge in [0.15, 0.2) is 9.84 Å². The molecule has 0 radical (unpaired) electrons. The number of sulfone groups is 1. The lowest BCUT2D eigenvalue weighted by Crippen LogP contribution is -2.33. The van der Waals surface area contributed by atoms with Crippen LogP contribution in [0.1, 0.15) is 35.4 Å². The monoisotopic (exact) mass is 464 g/mol. The lowest BCUT2D eigenvalue weighted by molar-refractivity contribution is 0.0941. The standard InChI is InChI=1S/C21H25ClN4O4S/c1-15(8-12-31(2,28)29)25-21(27)18-13-24-20(14-23-18)26-9-11-30-10-7-19(26)16-5-3-4-6-17(16)22/h3-6,8,12-15,19H,7,9-11H2,1-2H3,(H,25,27)/b12-8+/t15-,19?/m1/s1. The van der Waals surface area contributed by atoms with Gasteiger partial charge in [0.25, 0.3) is 5.91 Å². The van der Waals surface area contributed by atoms with Gasteiger partial charge in [-0.2, -0.15) is 0 Å². The third-order valence-electron chi connectivity index (χ3n) is 4.79. The van der Waals surface area contributed by atoms with Gasteiger partial charge >= 0.3 is 0 Å². The van der Waals surface area contributed by atoms with Crippen molar-refractivity contribution in [2.75, 3.05) is 30.9 Å². The average Bonchev–Trinajstić information content (AvgIpc) is 2.98. The first kappa shape index (κ1) is 23.2. The molecule has 1 aromatic heterocycles. The lowest BCUT2D eigenvalue weighted by Gasteiger charge is -2.31. The van der Waals surface area contributed by atoms with Gasteiger partial charge in [-0.1, -0.05) is 35.9 Å². The smallest absolute Gasteiger partial charge is 0.271 e. The van der Waals surface area contributed by atoms with E-state index in [9.17, 15) is 13.2 Å². The number of ether oxygens (including phenoxy) is 1. The van der Waals surface area contributed by atoms with Crippen LogP contribution in [0.25, 0.3) is 0 Å². The third-order valence-corrected chi connectivity index (χ3v) is 5.79. The molecule has 10 heteroatoms. The van der Waals surface area contributed by atoms with Crippen LogP contribution >= 0.6 is 11.6 Å². The molecule has 1 unspecified atom stereocenters. The van der Waals surface area contributed by atoms with Crippen LogP contribution in [0.5, 0.6) is 0 Å². The normalized spacial score (nSPS) is 18.5. The molecule has 2 aromatic rings. The molecule has 0 spiro atoms. The summed E-state index contributed by atoms with van der Waals surface area (Å²) in [6.45, 7) is 3.45. The largest absolute Gasteiger partial charge is 0.380 e. The topological polar surface area (TPSA) is 101 Å². The van der Waals surface area contributed by atoms with E-state index in [1.54, 1.807) is 13.1 Å². The van der Waals surface area contributed by atoms with Gasteiger partial charge in [-0.25, -0.2) is 18.4 Å². The molecule has 1 amide bonds. The molecule has 1 fully saturated rings. The summed E-state index contributed by atoms with van der Waals surface area (Å²) >= 11 is 6.43. The predicted octanol–water partition coefficient (Wildman–Crippen LogP) is 2.77. The molecule has 2 atom stereocenters. The van der Waals surface area contributed by atoms with Crippen LogP contribution < -0.4 is 10.2 Å². The molecule has 0 bridgehead atoms. The van der Waals surface area contributed by atoms with Crippen LogP contribution in [0.2, 0.25) is 5.02 Å². The predicted molar refractivity (Wildman–Crippen MR) is 120 cm³/mol. The fourth-order valence-corrected chi connectivity index (χ4v) is 4.07. The van der Waals surface area contributed by atoms with E-state index in [0.717, 1.165) is 23.6 Å². The number of aromatic nitrogens is 2. The van der Waals surface area contributed by atoms with E-state index in [2.05, 4.69) is 20.2 Å². The second kappa shape index (κ2) is 10.2. The summed E-state index contributed by atoms with van der Waals surface area (Å²) in [5, 5.41) is 4.41. The molecular weight excluding hydrogens is 440 g/mol. The maximum atomic E-state index is 12.4. The summed E-state index contributed by atoms with van der Waals surface area (Å²) in [7, 11) is -3.26. The molecule has 8 nitrogen and oxygen atoms in total. The minimum atomic E-state index is -3.26. The number of amides is 1. The van der Waals surface area contributed by atoms with E-state index in [0.29, 0.717) is 30.6 Å². The highest BCUT2D eigenvalue weighted by atomic mass is 35.5. The Morgan fingerprint density at radius 2 is 2.06 bits per heavy atom. The highest BCUT2D eigenvalue weighted by molar-refractivity contribution is 7.93. The number of hydrogen-bond acceptors (Lipinski definition) is 7. The Hall–Kier alpha value is -2.49. The zero-order valence-corrected chi connectivity index (χ0v) is 18.9. The van der Waals surface area contributed by atoms with Crippen molar-refractivity contribution in [1.29, 1.82) is 0 Å². The van der Waals surface area contributed by atoms with Gasteiger partial charge in [0.05, 0.1) is 25.0 Å². The molecule has 1 aliphatic heterocycles. The third kappa shape index (κ3) is 6.49. The van der Waals surface area contributed by atoms with E-state index < -0.39 is 21.8 Å². The summed E-state index contributed by atoms with van der Waals surface area (Å²) in [5.74, 6) is 0.184. The Labute approximate surface area is 187 Å². The van der Waals surface area contributed by atoms with Crippen molar-refractivity contribution in [1.82, 2.24) is 15.3 Å². The number of anilines is 1. The zero-order valence-electron chi connectivity index (χ0n) is 17.4. The van der Waals surface area contributed by atoms with Gasteiger partial charge in [0.2, 0.25) is 0 Å². The number of nitrogens with one attached hydrogen (secondary N) is 1. The van der Waals surface area contributed by atoms with Gasteiger partial charge in [-0.05, 0) is 25.0 Å². The van der Waals surface area contributed by atoms with Crippen molar-refractivity contribution in [3.05, 3.63) is 64.4 Å². The van der Waals surface area contributed by atoms with Crippen LogP contribution in [0.4, 0.5) is 5.82 Å². The Bertz CT molecular complexity index is 1040. The Kier molecular flexibility index (Phi) is 7.64. The fourth-order valence-electron chi connectivity index (χ4n) is 3.29. The van der Waals surface area contributed by atoms with Crippen molar-refractivity contribution in [2.24, 2.45) is 0 Å². The maximum absolute atomic E-state index is 12.4. The molecule has 31 heavy (non-hydrogen) atoms. The number of carbonyl (C=O) groups is 1. The van der Waals surface area contributed by atoms with Gasteiger partial charge < -0.3 is 15.0 Å². The highest BCUT2D eigenvalue weighted by Crippen LogP contribution is 2.33. The molecule has 1 aromatic carbocycles. The molecule has 3 rings (SSSR count). The molecule has 1 aliphatic rings. The number of nitrogens with zero attached hydrogens (tertiary/aromatic N) is 3. The molecule has 166 valence electrons. The van der Waals surface area contributed by atoms with Crippen molar-refractivity contribution in [3.8, 4) is 0 Å².